The van der Waals surface area contributed by atoms with Gasteiger partial charge in [0.05, 0.1) is 7.11 Å². The zero-order chi connectivity index (χ0) is 15.1. The van der Waals surface area contributed by atoms with E-state index in [2.05, 4.69) is 27.5 Å². The summed E-state index contributed by atoms with van der Waals surface area (Å²) in [7, 11) is 3.45. The zero-order valence-corrected chi connectivity index (χ0v) is 16.0. The minimum absolute atomic E-state index is 0. The fourth-order valence-electron chi connectivity index (χ4n) is 2.71. The summed E-state index contributed by atoms with van der Waals surface area (Å²) in [6.45, 7) is 2.98. The summed E-state index contributed by atoms with van der Waals surface area (Å²) in [4.78, 5) is 8.51. The molecule has 0 unspecified atom stereocenters. The molecule has 0 aliphatic heterocycles. The number of rotatable bonds is 4. The molecule has 0 spiro atoms. The molecule has 22 heavy (non-hydrogen) atoms. The Kier molecular flexibility index (Phi) is 8.52. The van der Waals surface area contributed by atoms with Gasteiger partial charge in [-0.15, -0.1) is 24.0 Å². The van der Waals surface area contributed by atoms with Crippen molar-refractivity contribution >= 4 is 29.9 Å². The number of aliphatic imine (C=N–C) groups is 1. The van der Waals surface area contributed by atoms with E-state index in [9.17, 15) is 0 Å². The van der Waals surface area contributed by atoms with Crippen LogP contribution in [0.4, 0.5) is 0 Å². The van der Waals surface area contributed by atoms with Crippen molar-refractivity contribution in [2.45, 2.75) is 45.2 Å². The second-order valence-corrected chi connectivity index (χ2v) is 5.70. The lowest BCUT2D eigenvalue weighted by Crippen LogP contribution is -2.44. The lowest BCUT2D eigenvalue weighted by atomic mass is 9.87. The average molecular weight is 418 g/mol. The van der Waals surface area contributed by atoms with Crippen molar-refractivity contribution in [1.29, 1.82) is 0 Å². The van der Waals surface area contributed by atoms with Crippen LogP contribution in [0.1, 0.15) is 38.2 Å². The largest absolute Gasteiger partial charge is 0.481 e. The fourth-order valence-corrected chi connectivity index (χ4v) is 2.71. The van der Waals surface area contributed by atoms with Gasteiger partial charge in [0.25, 0.3) is 0 Å². The number of ether oxygens (including phenoxy) is 1. The molecule has 0 aromatic carbocycles. The first-order chi connectivity index (χ1) is 10.2. The maximum atomic E-state index is 5.26. The highest BCUT2D eigenvalue weighted by Crippen LogP contribution is 2.23. The molecular formula is C16H27IN4O. The Hall–Kier alpha value is -1.05. The third-order valence-corrected chi connectivity index (χ3v) is 4.07. The zero-order valence-electron chi connectivity index (χ0n) is 13.6. The van der Waals surface area contributed by atoms with Crippen molar-refractivity contribution in [3.8, 4) is 5.88 Å². The van der Waals surface area contributed by atoms with Gasteiger partial charge in [-0.1, -0.05) is 13.0 Å². The van der Waals surface area contributed by atoms with Crippen LogP contribution in [0.2, 0.25) is 0 Å². The van der Waals surface area contributed by atoms with Gasteiger partial charge in [-0.2, -0.15) is 0 Å². The second kappa shape index (κ2) is 9.86. The molecule has 2 rings (SSSR count). The number of methoxy groups -OCH3 is 1. The summed E-state index contributed by atoms with van der Waals surface area (Å²) in [6.07, 6.45) is 6.77. The van der Waals surface area contributed by atoms with Crippen molar-refractivity contribution < 1.29 is 4.74 Å². The molecule has 0 amide bonds. The smallest absolute Gasteiger partial charge is 0.218 e. The Labute approximate surface area is 150 Å². The number of halogens is 1. The number of hydrogen-bond donors (Lipinski definition) is 2. The van der Waals surface area contributed by atoms with Crippen LogP contribution in [-0.2, 0) is 6.54 Å². The number of hydrogen-bond acceptors (Lipinski definition) is 3. The Morgan fingerprint density at radius 1 is 1.36 bits per heavy atom. The van der Waals surface area contributed by atoms with Crippen LogP contribution in [0, 0.1) is 5.92 Å². The molecule has 6 heteroatoms. The second-order valence-electron chi connectivity index (χ2n) is 5.70. The maximum absolute atomic E-state index is 5.26. The monoisotopic (exact) mass is 418 g/mol. The molecule has 0 atom stereocenters. The number of nitrogens with zero attached hydrogens (tertiary/aromatic N) is 2. The van der Waals surface area contributed by atoms with Gasteiger partial charge in [-0.05, 0) is 37.7 Å². The van der Waals surface area contributed by atoms with Crippen molar-refractivity contribution in [3.05, 3.63) is 23.9 Å². The predicted octanol–water partition coefficient (Wildman–Crippen LogP) is 2.95. The molecule has 0 bridgehead atoms. The SMILES string of the molecule is CN=C(NCc1cccnc1OC)NC1CCC(C)CC1.I. The van der Waals surface area contributed by atoms with Crippen LogP contribution in [0.25, 0.3) is 0 Å². The van der Waals surface area contributed by atoms with Crippen LogP contribution in [0.3, 0.4) is 0 Å². The number of aromatic nitrogens is 1. The molecule has 1 aliphatic carbocycles. The molecule has 0 radical (unpaired) electrons. The summed E-state index contributed by atoms with van der Waals surface area (Å²) in [5, 5.41) is 6.85. The van der Waals surface area contributed by atoms with E-state index in [4.69, 9.17) is 4.74 Å². The van der Waals surface area contributed by atoms with Crippen molar-refractivity contribution in [2.24, 2.45) is 10.9 Å². The molecule has 1 fully saturated rings. The van der Waals surface area contributed by atoms with Gasteiger partial charge in [-0.3, -0.25) is 4.99 Å². The molecule has 5 nitrogen and oxygen atoms in total. The van der Waals surface area contributed by atoms with Crippen molar-refractivity contribution in [3.63, 3.8) is 0 Å². The predicted molar refractivity (Wildman–Crippen MR) is 101 cm³/mol. The number of pyridine rings is 1. The van der Waals surface area contributed by atoms with Crippen LogP contribution in [0.15, 0.2) is 23.3 Å². The average Bonchev–Trinajstić information content (AvgIpc) is 2.53. The van der Waals surface area contributed by atoms with Gasteiger partial charge in [-0.25, -0.2) is 4.98 Å². The normalized spacial score (nSPS) is 21.7. The highest BCUT2D eigenvalue weighted by molar-refractivity contribution is 14.0. The first-order valence-electron chi connectivity index (χ1n) is 7.68. The van der Waals surface area contributed by atoms with Gasteiger partial charge >= 0.3 is 0 Å². The van der Waals surface area contributed by atoms with Crippen LogP contribution >= 0.6 is 24.0 Å². The highest BCUT2D eigenvalue weighted by atomic mass is 127. The van der Waals surface area contributed by atoms with E-state index in [0.29, 0.717) is 18.5 Å². The van der Waals surface area contributed by atoms with Gasteiger partial charge in [0.15, 0.2) is 5.96 Å². The maximum Gasteiger partial charge on any atom is 0.218 e. The highest BCUT2D eigenvalue weighted by Gasteiger charge is 2.18. The van der Waals surface area contributed by atoms with Gasteiger partial charge in [0.2, 0.25) is 5.88 Å². The van der Waals surface area contributed by atoms with Crippen LogP contribution in [-0.4, -0.2) is 31.1 Å². The van der Waals surface area contributed by atoms with Crippen LogP contribution < -0.4 is 15.4 Å². The van der Waals surface area contributed by atoms with Crippen molar-refractivity contribution in [1.82, 2.24) is 15.6 Å². The summed E-state index contributed by atoms with van der Waals surface area (Å²) in [5.41, 5.74) is 1.03. The Morgan fingerprint density at radius 3 is 2.73 bits per heavy atom. The molecule has 0 saturated heterocycles. The van der Waals surface area contributed by atoms with E-state index in [-0.39, 0.29) is 24.0 Å². The first kappa shape index (κ1) is 19.0. The summed E-state index contributed by atoms with van der Waals surface area (Å²) in [5.74, 6) is 2.37. The van der Waals surface area contributed by atoms with Crippen LogP contribution in [0.5, 0.6) is 5.88 Å². The quantitative estimate of drug-likeness (QED) is 0.449. The minimum Gasteiger partial charge on any atom is -0.481 e. The van der Waals surface area contributed by atoms with E-state index >= 15 is 0 Å². The van der Waals surface area contributed by atoms with Gasteiger partial charge < -0.3 is 15.4 Å². The summed E-state index contributed by atoms with van der Waals surface area (Å²) < 4.78 is 5.26. The lowest BCUT2D eigenvalue weighted by molar-refractivity contribution is 0.329. The number of nitrogens with one attached hydrogen (secondary N) is 2. The van der Waals surface area contributed by atoms with E-state index in [1.165, 1.54) is 25.7 Å². The molecule has 124 valence electrons. The molecule has 1 heterocycles. The third-order valence-electron chi connectivity index (χ3n) is 4.07. The fraction of sp³-hybridized carbons (Fsp3) is 0.625. The molecular weight excluding hydrogens is 391 g/mol. The third kappa shape index (κ3) is 5.62. The molecule has 1 aliphatic rings. The van der Waals surface area contributed by atoms with E-state index in [1.54, 1.807) is 20.4 Å². The van der Waals surface area contributed by atoms with E-state index in [0.717, 1.165) is 17.4 Å². The minimum atomic E-state index is 0. The topological polar surface area (TPSA) is 58.5 Å². The summed E-state index contributed by atoms with van der Waals surface area (Å²) in [6, 6.07) is 4.45. The Balaban J connectivity index is 0.00000242. The van der Waals surface area contributed by atoms with E-state index < -0.39 is 0 Å². The van der Waals surface area contributed by atoms with Crippen molar-refractivity contribution in [2.75, 3.05) is 14.2 Å². The molecule has 1 saturated carbocycles. The van der Waals surface area contributed by atoms with E-state index in [1.807, 2.05) is 12.1 Å². The lowest BCUT2D eigenvalue weighted by Gasteiger charge is -2.28. The number of guanidine groups is 1. The van der Waals surface area contributed by atoms with Gasteiger partial charge in [0, 0.05) is 31.4 Å². The summed E-state index contributed by atoms with van der Waals surface area (Å²) >= 11 is 0. The molecule has 2 N–H and O–H groups in total. The Bertz CT molecular complexity index is 473. The Morgan fingerprint density at radius 2 is 2.09 bits per heavy atom. The molecule has 1 aromatic rings. The molecule has 1 aromatic heterocycles. The van der Waals surface area contributed by atoms with Gasteiger partial charge in [0.1, 0.15) is 0 Å². The standard InChI is InChI=1S/C16H26N4O.HI/c1-12-6-8-14(9-7-12)20-16(17-2)19-11-13-5-4-10-18-15(13)21-3;/h4-5,10,12,14H,6-9,11H2,1-3H3,(H2,17,19,20);1H. The first-order valence-corrected chi connectivity index (χ1v) is 7.68.